The molecule has 1 heterocycles. The van der Waals surface area contributed by atoms with Crippen LogP contribution in [0.4, 0.5) is 0 Å². The van der Waals surface area contributed by atoms with Crippen LogP contribution in [0.1, 0.15) is 64.9 Å². The van der Waals surface area contributed by atoms with Crippen LogP contribution >= 0.6 is 31.9 Å². The zero-order valence-electron chi connectivity index (χ0n) is 19.0. The maximum atomic E-state index is 13.4. The maximum absolute atomic E-state index is 13.4. The smallest absolute Gasteiger partial charge is 0.163 e. The van der Waals surface area contributed by atoms with E-state index in [4.69, 9.17) is 9.47 Å². The first-order valence-corrected chi connectivity index (χ1v) is 12.4. The average molecular weight is 581 g/mol. The molecule has 0 atom stereocenters. The van der Waals surface area contributed by atoms with Crippen LogP contribution in [0.3, 0.4) is 0 Å². The van der Waals surface area contributed by atoms with E-state index in [1.54, 1.807) is 12.1 Å². The highest BCUT2D eigenvalue weighted by atomic mass is 79.9. The van der Waals surface area contributed by atoms with Gasteiger partial charge in [-0.3, -0.25) is 9.59 Å². The van der Waals surface area contributed by atoms with Crippen molar-refractivity contribution in [3.8, 4) is 5.75 Å². The molecule has 4 rings (SSSR count). The van der Waals surface area contributed by atoms with E-state index in [-0.39, 0.29) is 22.4 Å². The number of carboxylic acids is 1. The Hall–Kier alpha value is -1.93. The average Bonchev–Trinajstić information content (AvgIpc) is 2.63. The van der Waals surface area contributed by atoms with Gasteiger partial charge in [-0.25, -0.2) is 0 Å². The Morgan fingerprint density at radius 2 is 1.42 bits per heavy atom. The van der Waals surface area contributed by atoms with Gasteiger partial charge in [0.05, 0.1) is 14.9 Å². The number of benzene rings is 1. The van der Waals surface area contributed by atoms with Crippen molar-refractivity contribution in [1.29, 1.82) is 0 Å². The van der Waals surface area contributed by atoms with E-state index in [1.165, 1.54) is 0 Å². The Morgan fingerprint density at radius 3 is 1.85 bits per heavy atom. The number of ketones is 2. The molecule has 3 aliphatic rings. The van der Waals surface area contributed by atoms with Gasteiger partial charge in [0, 0.05) is 42.7 Å². The number of rotatable bonds is 4. The fraction of sp³-hybridized carbons (Fsp3) is 0.480. The molecule has 1 aromatic carbocycles. The molecule has 0 spiro atoms. The molecule has 1 aliphatic heterocycles. The van der Waals surface area contributed by atoms with E-state index in [9.17, 15) is 19.5 Å². The summed E-state index contributed by atoms with van der Waals surface area (Å²) >= 11 is 6.91. The Morgan fingerprint density at radius 1 is 0.970 bits per heavy atom. The molecular formula is C25H25Br2O6-. The summed E-state index contributed by atoms with van der Waals surface area (Å²) in [4.78, 5) is 37.6. The van der Waals surface area contributed by atoms with Crippen molar-refractivity contribution in [1.82, 2.24) is 0 Å². The van der Waals surface area contributed by atoms with Crippen LogP contribution in [0.15, 0.2) is 43.7 Å². The first-order valence-electron chi connectivity index (χ1n) is 10.8. The van der Waals surface area contributed by atoms with Crippen LogP contribution in [0.5, 0.6) is 5.75 Å². The number of halogens is 2. The third kappa shape index (κ3) is 4.69. The summed E-state index contributed by atoms with van der Waals surface area (Å²) in [6.07, 6.45) is 1.99. The van der Waals surface area contributed by atoms with E-state index >= 15 is 0 Å². The number of hydrogen-bond donors (Lipinski definition) is 0. The standard InChI is InChI=1S/C25H26Br2O6/c1-24(2)7-15(28)21-17(9-24)33-18-10-25(3,4)8-16(29)22(18)20(21)12-5-13(26)23(14(27)6-12)32-11-19(30)31/h5-6,20H,7-11H2,1-4H3,(H,30,31)/p-1. The summed E-state index contributed by atoms with van der Waals surface area (Å²) in [5, 5.41) is 10.8. The Bertz CT molecular complexity index is 1070. The number of allylic oxidation sites excluding steroid dienone is 4. The molecule has 0 radical (unpaired) electrons. The topological polar surface area (TPSA) is 92.7 Å². The molecule has 176 valence electrons. The molecule has 8 heteroatoms. The van der Waals surface area contributed by atoms with Crippen LogP contribution < -0.4 is 9.84 Å². The minimum atomic E-state index is -1.34. The van der Waals surface area contributed by atoms with Crippen LogP contribution in [0.25, 0.3) is 0 Å². The predicted molar refractivity (Wildman–Crippen MR) is 126 cm³/mol. The number of hydrogen-bond acceptors (Lipinski definition) is 6. The van der Waals surface area contributed by atoms with E-state index in [2.05, 4.69) is 31.9 Å². The van der Waals surface area contributed by atoms with Gasteiger partial charge in [-0.05, 0) is 60.4 Å². The number of ether oxygens (including phenoxy) is 2. The number of aliphatic carboxylic acids is 1. The summed E-state index contributed by atoms with van der Waals surface area (Å²) in [6, 6.07) is 3.56. The molecule has 0 fully saturated rings. The molecular weight excluding hydrogens is 556 g/mol. The van der Waals surface area contributed by atoms with Crippen molar-refractivity contribution in [2.75, 3.05) is 6.61 Å². The summed E-state index contributed by atoms with van der Waals surface area (Å²) in [6.45, 7) is 7.58. The fourth-order valence-corrected chi connectivity index (χ4v) is 6.47. The number of Topliss-reactive ketones (excluding diaryl/α,β-unsaturated/α-hetero) is 2. The molecule has 0 saturated carbocycles. The van der Waals surface area contributed by atoms with Gasteiger partial charge in [-0.1, -0.05) is 27.7 Å². The Labute approximate surface area is 209 Å². The molecule has 0 saturated heterocycles. The van der Waals surface area contributed by atoms with E-state index in [0.29, 0.717) is 63.0 Å². The summed E-state index contributed by atoms with van der Waals surface area (Å²) in [5.41, 5.74) is 1.37. The van der Waals surface area contributed by atoms with Gasteiger partial charge >= 0.3 is 0 Å². The second-order valence-electron chi connectivity index (χ2n) is 10.6. The highest BCUT2D eigenvalue weighted by molar-refractivity contribution is 9.11. The fourth-order valence-electron chi connectivity index (χ4n) is 5.02. The Balaban J connectivity index is 1.87. The minimum absolute atomic E-state index is 0.0139. The number of carbonyl (C=O) groups excluding carboxylic acids is 3. The van der Waals surface area contributed by atoms with Crippen LogP contribution in [-0.2, 0) is 19.1 Å². The van der Waals surface area contributed by atoms with Crippen LogP contribution in [0.2, 0.25) is 0 Å². The lowest BCUT2D eigenvalue weighted by atomic mass is 9.65. The lowest BCUT2D eigenvalue weighted by Gasteiger charge is -2.42. The van der Waals surface area contributed by atoms with Gasteiger partial charge in [-0.2, -0.15) is 0 Å². The lowest BCUT2D eigenvalue weighted by molar-refractivity contribution is -0.307. The highest BCUT2D eigenvalue weighted by Crippen LogP contribution is 2.54. The zero-order chi connectivity index (χ0) is 24.3. The molecule has 0 unspecified atom stereocenters. The third-order valence-electron chi connectivity index (χ3n) is 6.27. The quantitative estimate of drug-likeness (QED) is 0.511. The first-order chi connectivity index (χ1) is 15.3. The first kappa shape index (κ1) is 24.2. The largest absolute Gasteiger partial charge is 0.546 e. The van der Waals surface area contributed by atoms with Gasteiger partial charge < -0.3 is 19.4 Å². The molecule has 0 aromatic heterocycles. The third-order valence-corrected chi connectivity index (χ3v) is 7.45. The Kier molecular flexibility index (Phi) is 6.15. The monoisotopic (exact) mass is 579 g/mol. The van der Waals surface area contributed by atoms with E-state index < -0.39 is 18.5 Å². The van der Waals surface area contributed by atoms with Crippen molar-refractivity contribution >= 4 is 49.4 Å². The predicted octanol–water partition coefficient (Wildman–Crippen LogP) is 4.74. The van der Waals surface area contributed by atoms with Crippen molar-refractivity contribution in [3.05, 3.63) is 49.3 Å². The van der Waals surface area contributed by atoms with Crippen molar-refractivity contribution in [3.63, 3.8) is 0 Å². The SMILES string of the molecule is CC1(C)CC(=O)C2=C(C1)OC1=C(C(=O)CC(C)(C)C1)C2c1cc(Br)c(OCC(=O)[O-])c(Br)c1. The van der Waals surface area contributed by atoms with Crippen molar-refractivity contribution in [2.45, 2.75) is 59.3 Å². The molecule has 0 N–H and O–H groups in total. The molecule has 0 bridgehead atoms. The number of carboxylic acid groups (broad SMARTS) is 1. The highest BCUT2D eigenvalue weighted by Gasteiger charge is 2.48. The number of carbonyl (C=O) groups is 3. The van der Waals surface area contributed by atoms with Crippen LogP contribution in [-0.4, -0.2) is 24.1 Å². The van der Waals surface area contributed by atoms with Gasteiger partial charge in [0.15, 0.2) is 11.6 Å². The lowest BCUT2D eigenvalue weighted by Crippen LogP contribution is -2.37. The molecule has 33 heavy (non-hydrogen) atoms. The van der Waals surface area contributed by atoms with Gasteiger partial charge in [0.25, 0.3) is 0 Å². The van der Waals surface area contributed by atoms with Gasteiger partial charge in [-0.15, -0.1) is 0 Å². The van der Waals surface area contributed by atoms with Gasteiger partial charge in [0.1, 0.15) is 23.9 Å². The minimum Gasteiger partial charge on any atom is -0.546 e. The van der Waals surface area contributed by atoms with Crippen molar-refractivity contribution in [2.24, 2.45) is 10.8 Å². The second kappa shape index (κ2) is 8.38. The van der Waals surface area contributed by atoms with E-state index in [0.717, 1.165) is 5.56 Å². The summed E-state index contributed by atoms with van der Waals surface area (Å²) in [7, 11) is 0. The molecule has 2 aliphatic carbocycles. The zero-order valence-corrected chi connectivity index (χ0v) is 22.1. The molecule has 0 amide bonds. The van der Waals surface area contributed by atoms with Gasteiger partial charge in [0.2, 0.25) is 0 Å². The summed E-state index contributed by atoms with van der Waals surface area (Å²) in [5.74, 6) is -0.299. The van der Waals surface area contributed by atoms with E-state index in [1.807, 2.05) is 27.7 Å². The normalized spacial score (nSPS) is 22.0. The second-order valence-corrected chi connectivity index (χ2v) is 12.3. The molecule has 6 nitrogen and oxygen atoms in total. The van der Waals surface area contributed by atoms with Crippen molar-refractivity contribution < 1.29 is 29.0 Å². The van der Waals surface area contributed by atoms with Crippen LogP contribution in [0, 0.1) is 10.8 Å². The summed E-state index contributed by atoms with van der Waals surface area (Å²) < 4.78 is 12.7. The molecule has 1 aromatic rings. The maximum Gasteiger partial charge on any atom is 0.163 e.